The Kier molecular flexibility index (Phi) is 6.85. The number of amides is 1. The number of sulfonamides is 1. The smallest absolute Gasteiger partial charge is 0.263 e. The lowest BCUT2D eigenvalue weighted by molar-refractivity contribution is -0.113. The molecular formula is C18H17ClN6O3S2. The second kappa shape index (κ2) is 9.37. The van der Waals surface area contributed by atoms with E-state index in [0.29, 0.717) is 10.8 Å². The van der Waals surface area contributed by atoms with E-state index in [1.165, 1.54) is 48.2 Å². The quantitative estimate of drug-likeness (QED) is 0.403. The van der Waals surface area contributed by atoms with Gasteiger partial charge in [-0.25, -0.2) is 18.4 Å². The van der Waals surface area contributed by atoms with Crippen LogP contribution in [0.3, 0.4) is 0 Å². The highest BCUT2D eigenvalue weighted by Gasteiger charge is 2.15. The third kappa shape index (κ3) is 6.12. The van der Waals surface area contributed by atoms with Crippen molar-refractivity contribution in [3.8, 4) is 0 Å². The number of nitrogens with one attached hydrogen (secondary N) is 2. The predicted octanol–water partition coefficient (Wildman–Crippen LogP) is 3.07. The normalized spacial score (nSPS) is 11.2. The first-order valence-electron chi connectivity index (χ1n) is 8.58. The number of carbonyl (C=O) groups is 1. The molecule has 0 saturated heterocycles. The van der Waals surface area contributed by atoms with Crippen LogP contribution < -0.4 is 10.0 Å². The molecule has 30 heavy (non-hydrogen) atoms. The van der Waals surface area contributed by atoms with Gasteiger partial charge in [0.1, 0.15) is 0 Å². The first-order valence-corrected chi connectivity index (χ1v) is 11.4. The minimum atomic E-state index is -3.85. The summed E-state index contributed by atoms with van der Waals surface area (Å²) in [7, 11) is -3.85. The van der Waals surface area contributed by atoms with Gasteiger partial charge < -0.3 is 5.32 Å². The van der Waals surface area contributed by atoms with Gasteiger partial charge in [0.25, 0.3) is 10.0 Å². The van der Waals surface area contributed by atoms with Crippen molar-refractivity contribution in [1.29, 1.82) is 0 Å². The maximum atomic E-state index is 12.4. The number of aryl methyl sites for hydroxylation is 2. The molecule has 0 aliphatic heterocycles. The summed E-state index contributed by atoms with van der Waals surface area (Å²) in [5.74, 6) is -0.0879. The van der Waals surface area contributed by atoms with Gasteiger partial charge in [-0.2, -0.15) is 0 Å². The van der Waals surface area contributed by atoms with E-state index in [0.717, 1.165) is 11.4 Å². The average molecular weight is 465 g/mol. The molecule has 0 atom stereocenters. The summed E-state index contributed by atoms with van der Waals surface area (Å²) in [6.45, 7) is 3.73. The second-order valence-corrected chi connectivity index (χ2v) is 9.15. The van der Waals surface area contributed by atoms with Gasteiger partial charge in [0.15, 0.2) is 16.1 Å². The number of aromatic nitrogens is 4. The number of nitrogens with zero attached hydrogens (tertiary/aromatic N) is 4. The molecular weight excluding hydrogens is 448 g/mol. The van der Waals surface area contributed by atoms with Crippen molar-refractivity contribution < 1.29 is 13.2 Å². The maximum absolute atomic E-state index is 12.4. The molecule has 2 heterocycles. The van der Waals surface area contributed by atoms with E-state index in [-0.39, 0.29) is 27.5 Å². The van der Waals surface area contributed by atoms with E-state index in [4.69, 9.17) is 11.6 Å². The monoisotopic (exact) mass is 464 g/mol. The zero-order valence-electron chi connectivity index (χ0n) is 16.0. The molecule has 0 spiro atoms. The number of thioether (sulfide) groups is 1. The molecule has 9 nitrogen and oxygen atoms in total. The van der Waals surface area contributed by atoms with Crippen molar-refractivity contribution in [2.24, 2.45) is 0 Å². The summed E-state index contributed by atoms with van der Waals surface area (Å²) in [5.41, 5.74) is 2.13. The highest BCUT2D eigenvalue weighted by atomic mass is 35.5. The van der Waals surface area contributed by atoms with E-state index in [9.17, 15) is 13.2 Å². The van der Waals surface area contributed by atoms with Crippen LogP contribution in [-0.4, -0.2) is 40.2 Å². The van der Waals surface area contributed by atoms with Crippen molar-refractivity contribution in [3.05, 3.63) is 59.0 Å². The lowest BCUT2D eigenvalue weighted by Gasteiger charge is -2.09. The summed E-state index contributed by atoms with van der Waals surface area (Å²) in [4.78, 5) is 20.7. The first kappa shape index (κ1) is 21.9. The van der Waals surface area contributed by atoms with Gasteiger partial charge in [-0.15, -0.1) is 10.2 Å². The molecule has 0 aliphatic carbocycles. The van der Waals surface area contributed by atoms with Crippen molar-refractivity contribution >= 4 is 50.8 Å². The van der Waals surface area contributed by atoms with Crippen molar-refractivity contribution in [3.63, 3.8) is 0 Å². The molecule has 2 N–H and O–H groups in total. The molecule has 0 unspecified atom stereocenters. The number of halogens is 1. The van der Waals surface area contributed by atoms with Crippen LogP contribution in [0.2, 0.25) is 5.15 Å². The van der Waals surface area contributed by atoms with Crippen LogP contribution in [-0.2, 0) is 14.8 Å². The molecule has 2 aromatic heterocycles. The molecule has 0 fully saturated rings. The van der Waals surface area contributed by atoms with Crippen molar-refractivity contribution in [2.45, 2.75) is 23.9 Å². The summed E-state index contributed by atoms with van der Waals surface area (Å²) in [6, 6.07) is 10.4. The largest absolute Gasteiger partial charge is 0.325 e. The zero-order valence-corrected chi connectivity index (χ0v) is 18.3. The summed E-state index contributed by atoms with van der Waals surface area (Å²) < 4.78 is 27.1. The lowest BCUT2D eigenvalue weighted by atomic mass is 10.3. The molecule has 1 amide bonds. The highest BCUT2D eigenvalue weighted by Crippen LogP contribution is 2.19. The van der Waals surface area contributed by atoms with Crippen LogP contribution in [0.4, 0.5) is 11.5 Å². The second-order valence-electron chi connectivity index (χ2n) is 6.14. The Morgan fingerprint density at radius 2 is 1.70 bits per heavy atom. The molecule has 1 aromatic carbocycles. The van der Waals surface area contributed by atoms with Crippen LogP contribution in [0.5, 0.6) is 0 Å². The zero-order chi connectivity index (χ0) is 21.7. The number of hydrogen-bond donors (Lipinski definition) is 2. The van der Waals surface area contributed by atoms with E-state index in [2.05, 4.69) is 30.2 Å². The summed E-state index contributed by atoms with van der Waals surface area (Å²) in [5, 5.41) is 10.6. The average Bonchev–Trinajstić information content (AvgIpc) is 2.68. The van der Waals surface area contributed by atoms with Crippen LogP contribution in [0.1, 0.15) is 11.4 Å². The van der Waals surface area contributed by atoms with Gasteiger partial charge >= 0.3 is 0 Å². The molecule has 3 rings (SSSR count). The minimum Gasteiger partial charge on any atom is -0.325 e. The van der Waals surface area contributed by atoms with Crippen LogP contribution in [0.25, 0.3) is 0 Å². The molecule has 156 valence electrons. The fourth-order valence-corrected chi connectivity index (χ4v) is 4.22. The standard InChI is InChI=1S/C18H17ClN6O3S2/c1-11-9-12(2)21-18(20-11)29-10-17(26)22-13-3-5-14(6-4-13)30(27,28)25-16-8-7-15(19)23-24-16/h3-9H,10H2,1-2H3,(H,22,26)(H,24,25). The maximum Gasteiger partial charge on any atom is 0.263 e. The minimum absolute atomic E-state index is 0.00950. The van der Waals surface area contributed by atoms with Gasteiger partial charge in [-0.05, 0) is 56.3 Å². The number of rotatable bonds is 7. The Morgan fingerprint density at radius 1 is 1.03 bits per heavy atom. The van der Waals surface area contributed by atoms with E-state index in [1.54, 1.807) is 0 Å². The Labute approximate surface area is 182 Å². The first-order chi connectivity index (χ1) is 14.2. The third-order valence-corrected chi connectivity index (χ3v) is 6.03. The van der Waals surface area contributed by atoms with Gasteiger partial charge in [-0.3, -0.25) is 9.52 Å². The topological polar surface area (TPSA) is 127 Å². The van der Waals surface area contributed by atoms with Crippen LogP contribution in [0, 0.1) is 13.8 Å². The number of carbonyl (C=O) groups excluding carboxylic acids is 1. The summed E-state index contributed by atoms with van der Waals surface area (Å²) >= 11 is 6.86. The number of hydrogen-bond acceptors (Lipinski definition) is 8. The van der Waals surface area contributed by atoms with Gasteiger partial charge in [0.2, 0.25) is 5.91 Å². The molecule has 0 bridgehead atoms. The van der Waals surface area contributed by atoms with Crippen LogP contribution >= 0.6 is 23.4 Å². The Hall–Kier alpha value is -2.76. The Morgan fingerprint density at radius 3 is 2.30 bits per heavy atom. The fourth-order valence-electron chi connectivity index (χ4n) is 2.37. The molecule has 0 radical (unpaired) electrons. The Bertz CT molecular complexity index is 1140. The van der Waals surface area contributed by atoms with E-state index < -0.39 is 10.0 Å². The Balaban J connectivity index is 1.59. The number of benzene rings is 1. The molecule has 3 aromatic rings. The molecule has 0 saturated carbocycles. The van der Waals surface area contributed by atoms with Gasteiger partial charge in [-0.1, -0.05) is 23.4 Å². The predicted molar refractivity (Wildman–Crippen MR) is 115 cm³/mol. The van der Waals surface area contributed by atoms with Gasteiger partial charge in [0, 0.05) is 17.1 Å². The van der Waals surface area contributed by atoms with Crippen LogP contribution in [0.15, 0.2) is 52.5 Å². The molecule has 0 aliphatic rings. The molecule has 12 heteroatoms. The van der Waals surface area contributed by atoms with Gasteiger partial charge in [0.05, 0.1) is 10.6 Å². The van der Waals surface area contributed by atoms with E-state index >= 15 is 0 Å². The SMILES string of the molecule is Cc1cc(C)nc(SCC(=O)Nc2ccc(S(=O)(=O)Nc3ccc(Cl)nn3)cc2)n1. The highest BCUT2D eigenvalue weighted by molar-refractivity contribution is 7.99. The lowest BCUT2D eigenvalue weighted by Crippen LogP contribution is -2.16. The van der Waals surface area contributed by atoms with E-state index in [1.807, 2.05) is 19.9 Å². The third-order valence-electron chi connectivity index (χ3n) is 3.61. The fraction of sp³-hybridized carbons (Fsp3) is 0.167. The number of anilines is 2. The van der Waals surface area contributed by atoms with Crippen molar-refractivity contribution in [1.82, 2.24) is 20.2 Å². The summed E-state index contributed by atoms with van der Waals surface area (Å²) in [6.07, 6.45) is 0. The van der Waals surface area contributed by atoms with Crippen molar-refractivity contribution in [2.75, 3.05) is 15.8 Å².